The van der Waals surface area contributed by atoms with E-state index in [-0.39, 0.29) is 12.7 Å². The second-order valence-electron chi connectivity index (χ2n) is 2.90. The molecule has 1 aliphatic rings. The number of aliphatic hydroxyl groups is 1. The van der Waals surface area contributed by atoms with Gasteiger partial charge < -0.3 is 19.3 Å². The lowest BCUT2D eigenvalue weighted by Gasteiger charge is -2.11. The van der Waals surface area contributed by atoms with E-state index in [4.69, 9.17) is 19.3 Å². The number of ether oxygens (including phenoxy) is 3. The Morgan fingerprint density at radius 2 is 2.42 bits per heavy atom. The van der Waals surface area contributed by atoms with E-state index in [2.05, 4.69) is 0 Å². The molecule has 0 saturated carbocycles. The molecule has 1 heterocycles. The second kappa shape index (κ2) is 5.48. The van der Waals surface area contributed by atoms with Gasteiger partial charge in [0.25, 0.3) is 0 Å². The predicted molar refractivity (Wildman–Crippen MR) is 43.1 cm³/mol. The molecule has 0 spiro atoms. The van der Waals surface area contributed by atoms with Crippen LogP contribution in [0.3, 0.4) is 0 Å². The summed E-state index contributed by atoms with van der Waals surface area (Å²) in [5, 5.41) is 8.42. The minimum atomic E-state index is 0.0679. The van der Waals surface area contributed by atoms with E-state index < -0.39 is 0 Å². The summed E-state index contributed by atoms with van der Waals surface area (Å²) < 4.78 is 15.4. The number of hydrogen-bond donors (Lipinski definition) is 1. The molecule has 2 unspecified atom stereocenters. The normalized spacial score (nSPS) is 24.0. The van der Waals surface area contributed by atoms with E-state index in [1.54, 1.807) is 0 Å². The van der Waals surface area contributed by atoms with Gasteiger partial charge in [-0.1, -0.05) is 0 Å². The lowest BCUT2D eigenvalue weighted by atomic mass is 10.4. The van der Waals surface area contributed by atoms with Crippen molar-refractivity contribution in [2.75, 3.05) is 33.0 Å². The van der Waals surface area contributed by atoms with Gasteiger partial charge in [0.05, 0.1) is 39.1 Å². The third-order valence-electron chi connectivity index (χ3n) is 1.56. The number of hydrogen-bond acceptors (Lipinski definition) is 4. The van der Waals surface area contributed by atoms with Crippen LogP contribution in [-0.4, -0.2) is 50.3 Å². The summed E-state index contributed by atoms with van der Waals surface area (Å²) in [4.78, 5) is 0. The monoisotopic (exact) mass is 176 g/mol. The highest BCUT2D eigenvalue weighted by Crippen LogP contribution is 2.09. The Balaban J connectivity index is 1.84. The molecule has 0 radical (unpaired) electrons. The van der Waals surface area contributed by atoms with Crippen molar-refractivity contribution in [3.63, 3.8) is 0 Å². The van der Waals surface area contributed by atoms with E-state index in [1.807, 2.05) is 6.92 Å². The summed E-state index contributed by atoms with van der Waals surface area (Å²) in [6.45, 7) is 4.41. The Hall–Kier alpha value is -0.160. The van der Waals surface area contributed by atoms with Crippen LogP contribution < -0.4 is 0 Å². The van der Waals surface area contributed by atoms with Crippen molar-refractivity contribution >= 4 is 0 Å². The van der Waals surface area contributed by atoms with Crippen molar-refractivity contribution in [2.24, 2.45) is 0 Å². The summed E-state index contributed by atoms with van der Waals surface area (Å²) in [6.07, 6.45) is 0.394. The molecule has 0 aromatic carbocycles. The minimum Gasteiger partial charge on any atom is -0.394 e. The Kier molecular flexibility index (Phi) is 4.53. The van der Waals surface area contributed by atoms with Crippen LogP contribution in [0.25, 0.3) is 0 Å². The highest BCUT2D eigenvalue weighted by atomic mass is 16.6. The molecule has 72 valence electrons. The van der Waals surface area contributed by atoms with Crippen LogP contribution in [-0.2, 0) is 14.2 Å². The Morgan fingerprint density at radius 3 is 3.00 bits per heavy atom. The molecular formula is C8H16O4. The van der Waals surface area contributed by atoms with Crippen LogP contribution in [0.4, 0.5) is 0 Å². The van der Waals surface area contributed by atoms with Gasteiger partial charge in [-0.3, -0.25) is 0 Å². The zero-order chi connectivity index (χ0) is 8.81. The number of epoxide rings is 1. The molecule has 1 fully saturated rings. The quantitative estimate of drug-likeness (QED) is 0.431. The van der Waals surface area contributed by atoms with Gasteiger partial charge in [-0.05, 0) is 6.92 Å². The summed E-state index contributed by atoms with van der Waals surface area (Å²) in [5.41, 5.74) is 0. The van der Waals surface area contributed by atoms with Gasteiger partial charge in [-0.25, -0.2) is 0 Å². The highest BCUT2D eigenvalue weighted by molar-refractivity contribution is 4.68. The summed E-state index contributed by atoms with van der Waals surface area (Å²) in [7, 11) is 0. The van der Waals surface area contributed by atoms with Crippen LogP contribution in [0, 0.1) is 0 Å². The van der Waals surface area contributed by atoms with Crippen LogP contribution >= 0.6 is 0 Å². The molecule has 0 aromatic heterocycles. The molecule has 12 heavy (non-hydrogen) atoms. The van der Waals surface area contributed by atoms with Crippen molar-refractivity contribution in [2.45, 2.75) is 19.1 Å². The SMILES string of the molecule is CC(COCCO)OCC1CO1. The van der Waals surface area contributed by atoms with Gasteiger partial charge in [0.1, 0.15) is 6.10 Å². The fourth-order valence-corrected chi connectivity index (χ4v) is 0.798. The Labute approximate surface area is 72.4 Å². The van der Waals surface area contributed by atoms with Crippen molar-refractivity contribution in [1.29, 1.82) is 0 Å². The van der Waals surface area contributed by atoms with Gasteiger partial charge in [0.2, 0.25) is 0 Å². The Morgan fingerprint density at radius 1 is 1.67 bits per heavy atom. The van der Waals surface area contributed by atoms with E-state index >= 15 is 0 Å². The third kappa shape index (κ3) is 4.66. The van der Waals surface area contributed by atoms with Gasteiger partial charge >= 0.3 is 0 Å². The maximum Gasteiger partial charge on any atom is 0.104 e. The lowest BCUT2D eigenvalue weighted by Crippen LogP contribution is -2.19. The van der Waals surface area contributed by atoms with Crippen molar-refractivity contribution < 1.29 is 19.3 Å². The molecule has 0 aromatic rings. The molecule has 1 saturated heterocycles. The van der Waals surface area contributed by atoms with Crippen LogP contribution in [0.1, 0.15) is 6.92 Å². The molecule has 1 N–H and O–H groups in total. The zero-order valence-corrected chi connectivity index (χ0v) is 7.36. The molecule has 4 heteroatoms. The molecule has 1 aliphatic heterocycles. The van der Waals surface area contributed by atoms with Gasteiger partial charge in [0, 0.05) is 0 Å². The summed E-state index contributed by atoms with van der Waals surface area (Å²) >= 11 is 0. The van der Waals surface area contributed by atoms with Gasteiger partial charge in [-0.2, -0.15) is 0 Å². The number of rotatable bonds is 7. The van der Waals surface area contributed by atoms with Crippen LogP contribution in [0.15, 0.2) is 0 Å². The largest absolute Gasteiger partial charge is 0.394 e. The Bertz CT molecular complexity index is 114. The molecule has 0 aliphatic carbocycles. The summed E-state index contributed by atoms with van der Waals surface area (Å²) in [5.74, 6) is 0. The maximum atomic E-state index is 8.42. The molecule has 0 amide bonds. The highest BCUT2D eigenvalue weighted by Gasteiger charge is 2.23. The van der Waals surface area contributed by atoms with Gasteiger partial charge in [0.15, 0.2) is 0 Å². The molecule has 0 bridgehead atoms. The van der Waals surface area contributed by atoms with E-state index in [0.717, 1.165) is 6.61 Å². The van der Waals surface area contributed by atoms with Crippen molar-refractivity contribution in [3.8, 4) is 0 Å². The zero-order valence-electron chi connectivity index (χ0n) is 7.36. The molecular weight excluding hydrogens is 160 g/mol. The smallest absolute Gasteiger partial charge is 0.104 e. The second-order valence-corrected chi connectivity index (χ2v) is 2.90. The lowest BCUT2D eigenvalue weighted by molar-refractivity contribution is -0.0188. The van der Waals surface area contributed by atoms with Crippen LogP contribution in [0.5, 0.6) is 0 Å². The first-order valence-electron chi connectivity index (χ1n) is 4.24. The molecule has 4 nitrogen and oxygen atoms in total. The predicted octanol–water partition coefficient (Wildman–Crippen LogP) is -0.201. The standard InChI is InChI=1S/C8H16O4/c1-7(4-10-3-2-9)11-5-8-6-12-8/h7-9H,2-6H2,1H3. The topological polar surface area (TPSA) is 51.2 Å². The average molecular weight is 176 g/mol. The first kappa shape index (κ1) is 9.92. The summed E-state index contributed by atoms with van der Waals surface area (Å²) in [6, 6.07) is 0. The van der Waals surface area contributed by atoms with E-state index in [1.165, 1.54) is 0 Å². The van der Waals surface area contributed by atoms with E-state index in [9.17, 15) is 0 Å². The minimum absolute atomic E-state index is 0.0679. The fourth-order valence-electron chi connectivity index (χ4n) is 0.798. The first-order valence-corrected chi connectivity index (χ1v) is 4.24. The third-order valence-corrected chi connectivity index (χ3v) is 1.56. The van der Waals surface area contributed by atoms with Crippen LogP contribution in [0.2, 0.25) is 0 Å². The molecule has 1 rings (SSSR count). The van der Waals surface area contributed by atoms with Crippen molar-refractivity contribution in [3.05, 3.63) is 0 Å². The maximum absolute atomic E-state index is 8.42. The fraction of sp³-hybridized carbons (Fsp3) is 1.00. The first-order chi connectivity index (χ1) is 5.83. The molecule has 2 atom stereocenters. The number of aliphatic hydroxyl groups excluding tert-OH is 1. The van der Waals surface area contributed by atoms with Crippen molar-refractivity contribution in [1.82, 2.24) is 0 Å². The van der Waals surface area contributed by atoms with E-state index in [0.29, 0.717) is 25.9 Å². The average Bonchev–Trinajstić information content (AvgIpc) is 2.84. The van der Waals surface area contributed by atoms with Gasteiger partial charge in [-0.15, -0.1) is 0 Å².